The summed E-state index contributed by atoms with van der Waals surface area (Å²) in [6.45, 7) is 5.03. The third kappa shape index (κ3) is 4.47. The van der Waals surface area contributed by atoms with Crippen molar-refractivity contribution in [3.05, 3.63) is 23.9 Å². The Morgan fingerprint density at radius 1 is 1.32 bits per heavy atom. The van der Waals surface area contributed by atoms with E-state index in [1.165, 1.54) is 0 Å². The zero-order valence-corrected chi connectivity index (χ0v) is 12.1. The van der Waals surface area contributed by atoms with Crippen molar-refractivity contribution in [2.75, 3.05) is 36.5 Å². The van der Waals surface area contributed by atoms with E-state index in [0.29, 0.717) is 12.3 Å². The Morgan fingerprint density at radius 2 is 2.16 bits per heavy atom. The van der Waals surface area contributed by atoms with Crippen LogP contribution in [0.5, 0.6) is 0 Å². The van der Waals surface area contributed by atoms with Crippen molar-refractivity contribution in [1.29, 1.82) is 0 Å². The molecule has 0 atom stereocenters. The number of hydrogen-bond donors (Lipinski definition) is 1. The molecule has 1 aliphatic heterocycles. The Balaban J connectivity index is 1.98. The maximum absolute atomic E-state index is 11.6. The van der Waals surface area contributed by atoms with E-state index in [4.69, 9.17) is 0 Å². The van der Waals surface area contributed by atoms with Gasteiger partial charge in [0.15, 0.2) is 9.84 Å². The van der Waals surface area contributed by atoms with E-state index < -0.39 is 9.84 Å². The van der Waals surface area contributed by atoms with Gasteiger partial charge in [-0.05, 0) is 32.0 Å². The number of sulfone groups is 1. The van der Waals surface area contributed by atoms with Crippen molar-refractivity contribution >= 4 is 15.7 Å². The van der Waals surface area contributed by atoms with Crippen LogP contribution in [0, 0.1) is 0 Å². The molecule has 2 rings (SSSR count). The monoisotopic (exact) mass is 283 g/mol. The lowest BCUT2D eigenvalue weighted by atomic mass is 10.3. The molecule has 1 saturated heterocycles. The second-order valence-electron chi connectivity index (χ2n) is 4.83. The molecule has 6 heteroatoms. The van der Waals surface area contributed by atoms with Crippen molar-refractivity contribution in [2.24, 2.45) is 0 Å². The average Bonchev–Trinajstić information content (AvgIpc) is 2.52. The van der Waals surface area contributed by atoms with Crippen molar-refractivity contribution in [3.63, 3.8) is 0 Å². The van der Waals surface area contributed by atoms with Crippen LogP contribution in [-0.2, 0) is 16.4 Å². The van der Waals surface area contributed by atoms with E-state index in [1.54, 1.807) is 0 Å². The summed E-state index contributed by atoms with van der Waals surface area (Å²) in [4.78, 5) is 6.69. The van der Waals surface area contributed by atoms with Gasteiger partial charge in [-0.25, -0.2) is 13.4 Å². The molecule has 0 aliphatic carbocycles. The number of anilines is 1. The second kappa shape index (κ2) is 6.34. The number of nitrogens with zero attached hydrogens (tertiary/aromatic N) is 2. The predicted molar refractivity (Wildman–Crippen MR) is 76.9 cm³/mol. The highest BCUT2D eigenvalue weighted by Crippen LogP contribution is 2.11. The van der Waals surface area contributed by atoms with Gasteiger partial charge < -0.3 is 5.32 Å². The lowest BCUT2D eigenvalue weighted by Crippen LogP contribution is -2.27. The van der Waals surface area contributed by atoms with Crippen LogP contribution in [0.4, 0.5) is 5.82 Å². The van der Waals surface area contributed by atoms with Gasteiger partial charge in [0.1, 0.15) is 5.82 Å². The van der Waals surface area contributed by atoms with Crippen LogP contribution in [0.1, 0.15) is 19.0 Å². The molecule has 1 N–H and O–H groups in total. The summed E-state index contributed by atoms with van der Waals surface area (Å²) in [5, 5.41) is 3.19. The number of hydrogen-bond acceptors (Lipinski definition) is 5. The van der Waals surface area contributed by atoms with Crippen molar-refractivity contribution in [1.82, 2.24) is 9.88 Å². The van der Waals surface area contributed by atoms with E-state index in [0.717, 1.165) is 37.6 Å². The first-order valence-corrected chi connectivity index (χ1v) is 8.54. The molecule has 0 bridgehead atoms. The standard InChI is InChI=1S/C13H21N3O2S/c1-2-14-13-6-3-5-12(15-13)11-16-7-4-9-19(17,18)10-8-16/h3,5-6H,2,4,7-11H2,1H3,(H,14,15). The van der Waals surface area contributed by atoms with Crippen molar-refractivity contribution < 1.29 is 8.42 Å². The third-order valence-corrected chi connectivity index (χ3v) is 4.91. The molecule has 0 unspecified atom stereocenters. The van der Waals surface area contributed by atoms with Crippen LogP contribution in [0.15, 0.2) is 18.2 Å². The Hall–Kier alpha value is -1.14. The molecule has 0 amide bonds. The topological polar surface area (TPSA) is 62.3 Å². The van der Waals surface area contributed by atoms with Crippen LogP contribution >= 0.6 is 0 Å². The van der Waals surface area contributed by atoms with E-state index >= 15 is 0 Å². The lowest BCUT2D eigenvalue weighted by molar-refractivity contribution is 0.284. The van der Waals surface area contributed by atoms with E-state index in [-0.39, 0.29) is 5.75 Å². The highest BCUT2D eigenvalue weighted by molar-refractivity contribution is 7.91. The van der Waals surface area contributed by atoms with Gasteiger partial charge in [-0.1, -0.05) is 6.07 Å². The SMILES string of the molecule is CCNc1cccc(CN2CCCS(=O)(=O)CC2)n1. The Kier molecular flexibility index (Phi) is 4.76. The first kappa shape index (κ1) is 14.3. The Morgan fingerprint density at radius 3 is 2.95 bits per heavy atom. The molecular weight excluding hydrogens is 262 g/mol. The fourth-order valence-electron chi connectivity index (χ4n) is 2.22. The Labute approximate surface area is 114 Å². The summed E-state index contributed by atoms with van der Waals surface area (Å²) in [5.41, 5.74) is 0.984. The molecule has 19 heavy (non-hydrogen) atoms. The minimum Gasteiger partial charge on any atom is -0.370 e. The number of nitrogens with one attached hydrogen (secondary N) is 1. The highest BCUT2D eigenvalue weighted by atomic mass is 32.2. The molecule has 1 aliphatic rings. The van der Waals surface area contributed by atoms with E-state index in [1.807, 2.05) is 25.1 Å². The van der Waals surface area contributed by atoms with Gasteiger partial charge in [0.2, 0.25) is 0 Å². The van der Waals surface area contributed by atoms with Crippen LogP contribution in [-0.4, -0.2) is 49.4 Å². The quantitative estimate of drug-likeness (QED) is 0.897. The van der Waals surface area contributed by atoms with Gasteiger partial charge in [-0.2, -0.15) is 0 Å². The molecular formula is C13H21N3O2S. The summed E-state index contributed by atoms with van der Waals surface area (Å²) in [6.07, 6.45) is 0.717. The predicted octanol–water partition coefficient (Wildman–Crippen LogP) is 1.13. The first-order chi connectivity index (χ1) is 9.09. The summed E-state index contributed by atoms with van der Waals surface area (Å²) in [5.74, 6) is 1.45. The number of rotatable bonds is 4. The summed E-state index contributed by atoms with van der Waals surface area (Å²) in [7, 11) is -2.84. The van der Waals surface area contributed by atoms with Crippen LogP contribution < -0.4 is 5.32 Å². The highest BCUT2D eigenvalue weighted by Gasteiger charge is 2.19. The maximum atomic E-state index is 11.6. The van der Waals surface area contributed by atoms with Gasteiger partial charge in [0.05, 0.1) is 17.2 Å². The molecule has 5 nitrogen and oxygen atoms in total. The second-order valence-corrected chi connectivity index (χ2v) is 7.13. The molecule has 106 valence electrons. The van der Waals surface area contributed by atoms with Crippen LogP contribution in [0.25, 0.3) is 0 Å². The smallest absolute Gasteiger partial charge is 0.151 e. The van der Waals surface area contributed by atoms with Gasteiger partial charge in [0.25, 0.3) is 0 Å². The van der Waals surface area contributed by atoms with Gasteiger partial charge in [-0.3, -0.25) is 4.90 Å². The molecule has 1 aromatic heterocycles. The van der Waals surface area contributed by atoms with E-state index in [2.05, 4.69) is 15.2 Å². The first-order valence-electron chi connectivity index (χ1n) is 6.71. The molecule has 1 fully saturated rings. The maximum Gasteiger partial charge on any atom is 0.151 e. The van der Waals surface area contributed by atoms with Crippen LogP contribution in [0.3, 0.4) is 0 Å². The molecule has 0 radical (unpaired) electrons. The van der Waals surface area contributed by atoms with Crippen molar-refractivity contribution in [2.45, 2.75) is 19.9 Å². The minimum atomic E-state index is -2.84. The lowest BCUT2D eigenvalue weighted by Gasteiger charge is -2.18. The molecule has 0 saturated carbocycles. The van der Waals surface area contributed by atoms with Gasteiger partial charge in [0, 0.05) is 19.6 Å². The fourth-order valence-corrected chi connectivity index (χ4v) is 3.53. The minimum absolute atomic E-state index is 0.264. The third-order valence-electron chi connectivity index (χ3n) is 3.20. The average molecular weight is 283 g/mol. The van der Waals surface area contributed by atoms with E-state index in [9.17, 15) is 8.42 Å². The molecule has 1 aromatic rings. The zero-order chi connectivity index (χ0) is 13.7. The summed E-state index contributed by atoms with van der Waals surface area (Å²) >= 11 is 0. The van der Waals surface area contributed by atoms with Crippen LogP contribution in [0.2, 0.25) is 0 Å². The zero-order valence-electron chi connectivity index (χ0n) is 11.3. The van der Waals surface area contributed by atoms with Gasteiger partial charge >= 0.3 is 0 Å². The molecule has 2 heterocycles. The molecule has 0 spiro atoms. The number of aromatic nitrogens is 1. The van der Waals surface area contributed by atoms with Gasteiger partial charge in [-0.15, -0.1) is 0 Å². The molecule has 0 aromatic carbocycles. The summed E-state index contributed by atoms with van der Waals surface area (Å²) in [6, 6.07) is 5.91. The Bertz CT molecular complexity index is 516. The fraction of sp³-hybridized carbons (Fsp3) is 0.615. The normalized spacial score (nSPS) is 19.8. The summed E-state index contributed by atoms with van der Waals surface area (Å²) < 4.78 is 23.1. The number of pyridine rings is 1. The van der Waals surface area contributed by atoms with Crippen molar-refractivity contribution in [3.8, 4) is 0 Å². The largest absolute Gasteiger partial charge is 0.370 e.